The summed E-state index contributed by atoms with van der Waals surface area (Å²) in [7, 11) is 1.47. The molecule has 2 N–H and O–H groups in total. The number of amides is 3. The van der Waals surface area contributed by atoms with E-state index in [1.54, 1.807) is 6.07 Å². The molecule has 1 aromatic carbocycles. The van der Waals surface area contributed by atoms with E-state index in [4.69, 9.17) is 4.74 Å². The van der Waals surface area contributed by atoms with Gasteiger partial charge in [0, 0.05) is 13.7 Å². The maximum absolute atomic E-state index is 13.3. The highest BCUT2D eigenvalue weighted by molar-refractivity contribution is 5.95. The number of ether oxygens (including phenoxy) is 2. The predicted molar refractivity (Wildman–Crippen MR) is 74.5 cm³/mol. The average molecular weight is 312 g/mol. The van der Waals surface area contributed by atoms with Gasteiger partial charge in [0.25, 0.3) is 5.91 Å². The van der Waals surface area contributed by atoms with E-state index in [0.29, 0.717) is 6.61 Å². The molecule has 1 aromatic rings. The molecule has 22 heavy (non-hydrogen) atoms. The van der Waals surface area contributed by atoms with Gasteiger partial charge in [-0.25, -0.2) is 9.18 Å². The number of imide groups is 1. The van der Waals surface area contributed by atoms with Crippen molar-refractivity contribution in [3.63, 3.8) is 0 Å². The molecule has 8 heteroatoms. The zero-order valence-electron chi connectivity index (χ0n) is 12.1. The summed E-state index contributed by atoms with van der Waals surface area (Å²) in [4.78, 5) is 34.1. The van der Waals surface area contributed by atoms with Crippen molar-refractivity contribution in [2.45, 2.75) is 6.42 Å². The molecule has 0 saturated carbocycles. The summed E-state index contributed by atoms with van der Waals surface area (Å²) >= 11 is 0. The van der Waals surface area contributed by atoms with Crippen molar-refractivity contribution >= 4 is 17.9 Å². The van der Waals surface area contributed by atoms with Crippen LogP contribution in [0.1, 0.15) is 5.56 Å². The van der Waals surface area contributed by atoms with Gasteiger partial charge in [-0.3, -0.25) is 14.9 Å². The fourth-order valence-electron chi connectivity index (χ4n) is 1.47. The molecule has 0 aromatic heterocycles. The van der Waals surface area contributed by atoms with Gasteiger partial charge < -0.3 is 14.8 Å². The number of rotatable bonds is 7. The molecule has 0 aliphatic rings. The lowest BCUT2D eigenvalue weighted by molar-refractivity contribution is -0.147. The van der Waals surface area contributed by atoms with Gasteiger partial charge in [-0.2, -0.15) is 0 Å². The van der Waals surface area contributed by atoms with Crippen LogP contribution in [0, 0.1) is 5.82 Å². The summed E-state index contributed by atoms with van der Waals surface area (Å²) in [5.74, 6) is -2.07. The molecule has 0 radical (unpaired) electrons. The Morgan fingerprint density at radius 2 is 1.95 bits per heavy atom. The van der Waals surface area contributed by atoms with Crippen LogP contribution in [-0.2, 0) is 25.5 Å². The summed E-state index contributed by atoms with van der Waals surface area (Å²) in [6.07, 6.45) is -0.292. The third kappa shape index (κ3) is 6.80. The van der Waals surface area contributed by atoms with Gasteiger partial charge in [-0.05, 0) is 11.6 Å². The van der Waals surface area contributed by atoms with Crippen molar-refractivity contribution in [1.82, 2.24) is 10.6 Å². The number of hydrogen-bond donors (Lipinski definition) is 2. The van der Waals surface area contributed by atoms with E-state index in [-0.39, 0.29) is 18.5 Å². The van der Waals surface area contributed by atoms with Crippen molar-refractivity contribution in [1.29, 1.82) is 0 Å². The Labute approximate surface area is 126 Å². The number of nitrogens with one attached hydrogen (secondary N) is 2. The Hall–Kier alpha value is -2.48. The maximum Gasteiger partial charge on any atom is 0.321 e. The van der Waals surface area contributed by atoms with Crippen molar-refractivity contribution in [2.75, 3.05) is 26.9 Å². The number of carbonyl (C=O) groups excluding carboxylic acids is 3. The third-order valence-corrected chi connectivity index (χ3v) is 2.50. The number of esters is 1. The minimum atomic E-state index is -0.781. The van der Waals surface area contributed by atoms with Crippen LogP contribution in [0.2, 0.25) is 0 Å². The predicted octanol–water partition coefficient (Wildman–Crippen LogP) is 0.384. The molecule has 0 aliphatic heterocycles. The number of carbonyl (C=O) groups is 3. The van der Waals surface area contributed by atoms with Crippen molar-refractivity contribution < 1.29 is 28.2 Å². The molecule has 0 heterocycles. The number of urea groups is 1. The molecule has 0 unspecified atom stereocenters. The minimum absolute atomic E-state index is 0.171. The smallest absolute Gasteiger partial charge is 0.321 e. The number of halogens is 1. The van der Waals surface area contributed by atoms with Gasteiger partial charge in [0.05, 0.1) is 13.0 Å². The third-order valence-electron chi connectivity index (χ3n) is 2.50. The second-order valence-corrected chi connectivity index (χ2v) is 4.23. The molecule has 0 atom stereocenters. The highest BCUT2D eigenvalue weighted by Crippen LogP contribution is 2.07. The monoisotopic (exact) mass is 312 g/mol. The lowest BCUT2D eigenvalue weighted by atomic mass is 10.1. The van der Waals surface area contributed by atoms with Crippen LogP contribution in [-0.4, -0.2) is 44.8 Å². The number of methoxy groups -OCH3 is 1. The molecule has 0 spiro atoms. The first-order chi connectivity index (χ1) is 10.5. The Kier molecular flexibility index (Phi) is 7.55. The summed E-state index contributed by atoms with van der Waals surface area (Å²) in [5.41, 5.74) is 0.171. The van der Waals surface area contributed by atoms with E-state index >= 15 is 0 Å². The van der Waals surface area contributed by atoms with E-state index in [9.17, 15) is 18.8 Å². The van der Waals surface area contributed by atoms with E-state index in [1.165, 1.54) is 25.3 Å². The average Bonchev–Trinajstić information content (AvgIpc) is 2.48. The molecule has 0 aliphatic carbocycles. The van der Waals surface area contributed by atoms with Crippen molar-refractivity contribution in [3.05, 3.63) is 35.6 Å². The molecule has 0 saturated heterocycles. The van der Waals surface area contributed by atoms with Gasteiger partial charge >= 0.3 is 12.0 Å². The van der Waals surface area contributed by atoms with Gasteiger partial charge in [0.15, 0.2) is 6.61 Å². The van der Waals surface area contributed by atoms with Gasteiger partial charge in [-0.1, -0.05) is 18.2 Å². The second kappa shape index (κ2) is 9.46. The second-order valence-electron chi connectivity index (χ2n) is 4.23. The zero-order chi connectivity index (χ0) is 16.4. The van der Waals surface area contributed by atoms with Crippen LogP contribution in [0.3, 0.4) is 0 Å². The van der Waals surface area contributed by atoms with Crippen LogP contribution >= 0.6 is 0 Å². The largest absolute Gasteiger partial charge is 0.455 e. The van der Waals surface area contributed by atoms with Crippen LogP contribution in [0.15, 0.2) is 24.3 Å². The standard InChI is InChI=1S/C14H17FN2O5/c1-21-7-6-16-14(20)17-12(18)9-22-13(19)8-10-4-2-3-5-11(10)15/h2-5H,6-9H2,1H3,(H2,16,17,18,20). The zero-order valence-corrected chi connectivity index (χ0v) is 12.1. The van der Waals surface area contributed by atoms with Crippen LogP contribution in [0.5, 0.6) is 0 Å². The highest BCUT2D eigenvalue weighted by atomic mass is 19.1. The lowest BCUT2D eigenvalue weighted by Crippen LogP contribution is -2.42. The summed E-state index contributed by atoms with van der Waals surface area (Å²) in [6.45, 7) is -0.0765. The van der Waals surface area contributed by atoms with E-state index in [2.05, 4.69) is 10.1 Å². The van der Waals surface area contributed by atoms with Gasteiger partial charge in [0.1, 0.15) is 5.82 Å². The first kappa shape index (κ1) is 17.6. The summed E-state index contributed by atoms with van der Waals surface area (Å²) in [6, 6.07) is 5.04. The molecule has 1 rings (SSSR count). The summed E-state index contributed by atoms with van der Waals surface area (Å²) in [5, 5.41) is 4.34. The molecule has 3 amide bonds. The minimum Gasteiger partial charge on any atom is -0.455 e. The Bertz CT molecular complexity index is 536. The fraction of sp³-hybridized carbons (Fsp3) is 0.357. The van der Waals surface area contributed by atoms with Gasteiger partial charge in [0.2, 0.25) is 0 Å². The van der Waals surface area contributed by atoms with Gasteiger partial charge in [-0.15, -0.1) is 0 Å². The first-order valence-electron chi connectivity index (χ1n) is 6.48. The normalized spacial score (nSPS) is 9.91. The fourth-order valence-corrected chi connectivity index (χ4v) is 1.47. The molecule has 120 valence electrons. The quantitative estimate of drug-likeness (QED) is 0.561. The van der Waals surface area contributed by atoms with E-state index < -0.39 is 30.3 Å². The SMILES string of the molecule is COCCNC(=O)NC(=O)COC(=O)Cc1ccccc1F. The molecular formula is C14H17FN2O5. The van der Waals surface area contributed by atoms with Crippen LogP contribution < -0.4 is 10.6 Å². The topological polar surface area (TPSA) is 93.7 Å². The molecule has 0 fully saturated rings. The van der Waals surface area contributed by atoms with E-state index in [0.717, 1.165) is 0 Å². The highest BCUT2D eigenvalue weighted by Gasteiger charge is 2.12. The Morgan fingerprint density at radius 1 is 1.23 bits per heavy atom. The number of hydrogen-bond acceptors (Lipinski definition) is 5. The van der Waals surface area contributed by atoms with Crippen LogP contribution in [0.25, 0.3) is 0 Å². The summed E-state index contributed by atoms with van der Waals surface area (Å²) < 4.78 is 22.7. The molecule has 7 nitrogen and oxygen atoms in total. The molecular weight excluding hydrogens is 295 g/mol. The Morgan fingerprint density at radius 3 is 2.64 bits per heavy atom. The molecule has 0 bridgehead atoms. The Balaban J connectivity index is 2.27. The number of benzene rings is 1. The first-order valence-corrected chi connectivity index (χ1v) is 6.48. The van der Waals surface area contributed by atoms with Crippen molar-refractivity contribution in [3.8, 4) is 0 Å². The van der Waals surface area contributed by atoms with E-state index in [1.807, 2.05) is 5.32 Å². The van der Waals surface area contributed by atoms with Crippen LogP contribution in [0.4, 0.5) is 9.18 Å². The van der Waals surface area contributed by atoms with Crippen molar-refractivity contribution in [2.24, 2.45) is 0 Å². The maximum atomic E-state index is 13.3. The lowest BCUT2D eigenvalue weighted by Gasteiger charge is -2.07.